The van der Waals surface area contributed by atoms with E-state index in [0.717, 1.165) is 60.1 Å². The smallest absolute Gasteiger partial charge is 0.187 e. The van der Waals surface area contributed by atoms with E-state index in [1.807, 2.05) is 43.4 Å². The Kier molecular flexibility index (Phi) is 9.12. The van der Waals surface area contributed by atoms with Crippen LogP contribution in [0.3, 0.4) is 0 Å². The molecule has 1 heterocycles. The minimum absolute atomic E-state index is 0.132. The molecule has 0 bridgehead atoms. The number of piperidine rings is 1. The second-order valence-electron chi connectivity index (χ2n) is 9.96. The number of carbonyl (C=O) groups excluding carboxylic acids is 1. The molecule has 0 aromatic heterocycles. The molecule has 5 nitrogen and oxygen atoms in total. The van der Waals surface area contributed by atoms with Gasteiger partial charge in [-0.25, -0.2) is 0 Å². The van der Waals surface area contributed by atoms with Gasteiger partial charge in [-0.15, -0.1) is 0 Å². The first-order chi connectivity index (χ1) is 17.9. The number of hydrogen-bond acceptors (Lipinski definition) is 5. The summed E-state index contributed by atoms with van der Waals surface area (Å²) in [7, 11) is 1.86. The van der Waals surface area contributed by atoms with Gasteiger partial charge >= 0.3 is 0 Å². The maximum atomic E-state index is 12.7. The van der Waals surface area contributed by atoms with Crippen LogP contribution in [0.1, 0.15) is 51.0 Å². The Balaban J connectivity index is 1.64. The molecule has 37 heavy (non-hydrogen) atoms. The van der Waals surface area contributed by atoms with Crippen molar-refractivity contribution in [2.24, 2.45) is 5.73 Å². The molecule has 0 amide bonds. The number of nitrogens with zero attached hydrogens (tertiary/aromatic N) is 1. The van der Waals surface area contributed by atoms with E-state index in [0.29, 0.717) is 16.3 Å². The Morgan fingerprint density at radius 2 is 1.84 bits per heavy atom. The number of nitrogens with one attached hydrogen (secondary N) is 1. The lowest BCUT2D eigenvalue weighted by atomic mass is 9.99. The third-order valence-electron chi connectivity index (χ3n) is 7.51. The first-order valence-corrected chi connectivity index (χ1v) is 13.6. The van der Waals surface area contributed by atoms with Crippen molar-refractivity contribution in [3.8, 4) is 16.9 Å². The predicted molar refractivity (Wildman–Crippen MR) is 155 cm³/mol. The molecule has 196 valence electrons. The topological polar surface area (TPSA) is 67.6 Å². The maximum Gasteiger partial charge on any atom is 0.187 e. The molecule has 1 saturated heterocycles. The Bertz CT molecular complexity index is 1180. The maximum absolute atomic E-state index is 12.7. The van der Waals surface area contributed by atoms with Gasteiger partial charge in [-0.2, -0.15) is 0 Å². The van der Waals surface area contributed by atoms with Crippen molar-refractivity contribution in [3.63, 3.8) is 0 Å². The van der Waals surface area contributed by atoms with E-state index < -0.39 is 0 Å². The summed E-state index contributed by atoms with van der Waals surface area (Å²) in [5.41, 5.74) is 10.3. The largest absolute Gasteiger partial charge is 0.490 e. The van der Waals surface area contributed by atoms with E-state index in [9.17, 15) is 4.79 Å². The fraction of sp³-hybridized carbons (Fsp3) is 0.387. The Labute approximate surface area is 226 Å². The summed E-state index contributed by atoms with van der Waals surface area (Å²) in [5.74, 6) is 0.585. The number of nitrogens with two attached hydrogens (primary N) is 1. The first-order valence-electron chi connectivity index (χ1n) is 13.2. The van der Waals surface area contributed by atoms with Gasteiger partial charge < -0.3 is 20.7 Å². The van der Waals surface area contributed by atoms with Crippen LogP contribution in [-0.4, -0.2) is 43.0 Å². The zero-order valence-corrected chi connectivity index (χ0v) is 22.7. The minimum atomic E-state index is -0.186. The van der Waals surface area contributed by atoms with Gasteiger partial charge in [0.05, 0.1) is 0 Å². The highest BCUT2D eigenvalue weighted by molar-refractivity contribution is 6.33. The van der Waals surface area contributed by atoms with Crippen molar-refractivity contribution in [2.45, 2.75) is 57.6 Å². The van der Waals surface area contributed by atoms with Gasteiger partial charge in [0.15, 0.2) is 5.78 Å². The summed E-state index contributed by atoms with van der Waals surface area (Å²) in [6.45, 7) is 7.55. The SMILES string of the molecule is C=C/C(C(=O)/C=C/c1cc(OC2CCN(C3CCCC3)CC2)c(-c2ccccc2Cl)cc1NC)=C(\C)N. The number of ether oxygens (including phenoxy) is 1. The number of likely N-dealkylation sites (tertiary alicyclic amines) is 1. The average molecular weight is 520 g/mol. The third kappa shape index (κ3) is 6.46. The Hall–Kier alpha value is -3.02. The molecule has 2 aromatic carbocycles. The summed E-state index contributed by atoms with van der Waals surface area (Å²) >= 11 is 6.62. The van der Waals surface area contributed by atoms with Gasteiger partial charge in [0.25, 0.3) is 0 Å². The van der Waals surface area contributed by atoms with Crippen LogP contribution < -0.4 is 15.8 Å². The molecule has 2 aliphatic rings. The molecule has 4 rings (SSSR count). The number of hydrogen-bond donors (Lipinski definition) is 2. The number of benzene rings is 2. The third-order valence-corrected chi connectivity index (χ3v) is 7.83. The summed E-state index contributed by atoms with van der Waals surface area (Å²) in [6, 6.07) is 12.6. The molecular formula is C31H38ClN3O2. The predicted octanol–water partition coefficient (Wildman–Crippen LogP) is 6.84. The number of allylic oxidation sites excluding steroid dienone is 4. The highest BCUT2D eigenvalue weighted by Gasteiger charge is 2.28. The van der Waals surface area contributed by atoms with Gasteiger partial charge in [-0.05, 0) is 63.0 Å². The average Bonchev–Trinajstić information content (AvgIpc) is 3.44. The summed E-state index contributed by atoms with van der Waals surface area (Å²) in [4.78, 5) is 15.3. The second kappa shape index (κ2) is 12.5. The molecule has 0 radical (unpaired) electrons. The van der Waals surface area contributed by atoms with E-state index in [1.54, 1.807) is 13.0 Å². The van der Waals surface area contributed by atoms with Crippen LogP contribution in [0.2, 0.25) is 5.02 Å². The van der Waals surface area contributed by atoms with Crippen LogP contribution in [0.15, 0.2) is 66.4 Å². The lowest BCUT2D eigenvalue weighted by Gasteiger charge is -2.36. The quantitative estimate of drug-likeness (QED) is 0.280. The van der Waals surface area contributed by atoms with Gasteiger partial charge in [0.1, 0.15) is 11.9 Å². The molecule has 0 unspecified atom stereocenters. The van der Waals surface area contributed by atoms with Crippen LogP contribution in [0.4, 0.5) is 5.69 Å². The lowest BCUT2D eigenvalue weighted by Crippen LogP contribution is -2.43. The molecule has 2 aromatic rings. The van der Waals surface area contributed by atoms with Crippen LogP contribution >= 0.6 is 11.6 Å². The highest BCUT2D eigenvalue weighted by Crippen LogP contribution is 2.40. The number of rotatable bonds is 9. The van der Waals surface area contributed by atoms with Gasteiger partial charge in [-0.3, -0.25) is 4.79 Å². The van der Waals surface area contributed by atoms with Crippen molar-refractivity contribution < 1.29 is 9.53 Å². The molecule has 3 N–H and O–H groups in total. The van der Waals surface area contributed by atoms with Crippen molar-refractivity contribution in [1.29, 1.82) is 0 Å². The zero-order chi connectivity index (χ0) is 26.4. The highest BCUT2D eigenvalue weighted by atomic mass is 35.5. The Morgan fingerprint density at radius 3 is 2.46 bits per heavy atom. The number of ketones is 1. The molecule has 1 saturated carbocycles. The van der Waals surface area contributed by atoms with E-state index in [-0.39, 0.29) is 11.9 Å². The fourth-order valence-corrected chi connectivity index (χ4v) is 5.69. The van der Waals surface area contributed by atoms with E-state index in [2.05, 4.69) is 16.8 Å². The van der Waals surface area contributed by atoms with Crippen LogP contribution in [0.25, 0.3) is 17.2 Å². The summed E-state index contributed by atoms with van der Waals surface area (Å²) < 4.78 is 6.68. The van der Waals surface area contributed by atoms with Crippen LogP contribution in [0.5, 0.6) is 5.75 Å². The normalized spacial score (nSPS) is 18.1. The molecule has 2 fully saturated rings. The first kappa shape index (κ1) is 27.0. The van der Waals surface area contributed by atoms with Crippen molar-refractivity contribution >= 4 is 29.1 Å². The van der Waals surface area contributed by atoms with Crippen LogP contribution in [-0.2, 0) is 4.79 Å². The molecule has 1 aliphatic heterocycles. The lowest BCUT2D eigenvalue weighted by molar-refractivity contribution is -0.111. The van der Waals surface area contributed by atoms with E-state index >= 15 is 0 Å². The zero-order valence-electron chi connectivity index (χ0n) is 21.9. The van der Waals surface area contributed by atoms with Crippen LogP contribution in [0, 0.1) is 0 Å². The monoisotopic (exact) mass is 519 g/mol. The standard InChI is InChI=1S/C31H38ClN3O2/c1-4-25(21(2)33)30(36)14-13-22-19-31(27(20-29(22)34-3)26-11-7-8-12-28(26)32)37-24-15-17-35(18-16-24)23-9-5-6-10-23/h4,7-8,11-14,19-20,23-24,34H,1,5-6,9-10,15-18,33H2,2-3H3/b14-13+,25-21-. The van der Waals surface area contributed by atoms with Gasteiger partial charge in [0.2, 0.25) is 0 Å². The fourth-order valence-electron chi connectivity index (χ4n) is 5.46. The summed E-state index contributed by atoms with van der Waals surface area (Å²) in [5, 5.41) is 3.93. The Morgan fingerprint density at radius 1 is 1.14 bits per heavy atom. The number of halogens is 1. The molecule has 0 spiro atoms. The molecule has 6 heteroatoms. The van der Waals surface area contributed by atoms with Crippen molar-refractivity contribution in [1.82, 2.24) is 4.90 Å². The van der Waals surface area contributed by atoms with Crippen molar-refractivity contribution in [3.05, 3.63) is 77.0 Å². The number of anilines is 1. The molecule has 0 atom stereocenters. The minimum Gasteiger partial charge on any atom is -0.490 e. The summed E-state index contributed by atoms with van der Waals surface area (Å²) in [6.07, 6.45) is 12.3. The number of carbonyl (C=O) groups is 1. The van der Waals surface area contributed by atoms with Gasteiger partial charge in [-0.1, -0.05) is 55.3 Å². The van der Waals surface area contributed by atoms with Gasteiger partial charge in [0, 0.05) is 64.8 Å². The van der Waals surface area contributed by atoms with Crippen molar-refractivity contribution in [2.75, 3.05) is 25.5 Å². The van der Waals surface area contributed by atoms with E-state index in [1.165, 1.54) is 37.8 Å². The molecular weight excluding hydrogens is 482 g/mol. The molecule has 1 aliphatic carbocycles. The van der Waals surface area contributed by atoms with E-state index in [4.69, 9.17) is 22.1 Å². The second-order valence-corrected chi connectivity index (χ2v) is 10.4.